The largest absolute Gasteiger partial charge is 0.481 e. The van der Waals surface area contributed by atoms with E-state index in [1.54, 1.807) is 0 Å². The molecule has 0 unspecified atom stereocenters. The molecule has 0 aliphatic carbocycles. The van der Waals surface area contributed by atoms with Gasteiger partial charge in [-0.3, -0.25) is 9.59 Å². The first kappa shape index (κ1) is 15.7. The van der Waals surface area contributed by atoms with Crippen molar-refractivity contribution in [3.63, 3.8) is 0 Å². The minimum absolute atomic E-state index is 0.0428. The van der Waals surface area contributed by atoms with Crippen molar-refractivity contribution >= 4 is 5.97 Å². The van der Waals surface area contributed by atoms with E-state index in [4.69, 9.17) is 5.11 Å². The van der Waals surface area contributed by atoms with Crippen LogP contribution in [-0.2, 0) is 17.4 Å². The van der Waals surface area contributed by atoms with Crippen LogP contribution in [0.25, 0.3) is 11.4 Å². The number of nitrogens with one attached hydrogen (secondary N) is 1. The first-order valence-electron chi connectivity index (χ1n) is 6.25. The van der Waals surface area contributed by atoms with Gasteiger partial charge >= 0.3 is 12.1 Å². The first-order chi connectivity index (χ1) is 10.3. The zero-order chi connectivity index (χ0) is 16.3. The molecule has 0 radical (unpaired) electrons. The molecule has 0 amide bonds. The quantitative estimate of drug-likeness (QED) is 0.908. The highest BCUT2D eigenvalue weighted by Crippen LogP contribution is 2.35. The van der Waals surface area contributed by atoms with Crippen LogP contribution in [0.1, 0.15) is 17.5 Å². The summed E-state index contributed by atoms with van der Waals surface area (Å²) in [4.78, 5) is 28.4. The molecule has 0 aliphatic rings. The summed E-state index contributed by atoms with van der Waals surface area (Å²) < 4.78 is 38.8. The number of H-pyrrole nitrogens is 1. The van der Waals surface area contributed by atoms with E-state index in [-0.39, 0.29) is 29.8 Å². The molecule has 1 aromatic heterocycles. The summed E-state index contributed by atoms with van der Waals surface area (Å²) in [6.45, 7) is 0. The number of hydrogen-bond acceptors (Lipinski definition) is 3. The molecular formula is C14H11F3N2O3. The van der Waals surface area contributed by atoms with Crippen molar-refractivity contribution < 1.29 is 23.1 Å². The van der Waals surface area contributed by atoms with E-state index in [1.165, 1.54) is 18.2 Å². The normalized spacial score (nSPS) is 11.4. The van der Waals surface area contributed by atoms with Gasteiger partial charge in [0.15, 0.2) is 0 Å². The number of nitrogens with zero attached hydrogens (tertiary/aromatic N) is 1. The summed E-state index contributed by atoms with van der Waals surface area (Å²) in [7, 11) is 0. The lowest BCUT2D eigenvalue weighted by atomic mass is 10.1. The highest BCUT2D eigenvalue weighted by Gasteiger charge is 2.33. The molecule has 1 heterocycles. The zero-order valence-corrected chi connectivity index (χ0v) is 11.1. The summed E-state index contributed by atoms with van der Waals surface area (Å²) in [5.74, 6) is -1.29. The molecule has 8 heteroatoms. The number of aromatic nitrogens is 2. The predicted octanol–water partition coefficient (Wildman–Crippen LogP) is 2.47. The van der Waals surface area contributed by atoms with Crippen molar-refractivity contribution in [3.05, 3.63) is 51.9 Å². The molecule has 0 fully saturated rings. The average molecular weight is 312 g/mol. The van der Waals surface area contributed by atoms with Crippen molar-refractivity contribution in [2.75, 3.05) is 0 Å². The lowest BCUT2D eigenvalue weighted by Crippen LogP contribution is -2.17. The number of rotatable bonds is 4. The van der Waals surface area contributed by atoms with E-state index in [1.807, 2.05) is 0 Å². The lowest BCUT2D eigenvalue weighted by molar-refractivity contribution is -0.138. The Morgan fingerprint density at radius 1 is 1.27 bits per heavy atom. The van der Waals surface area contributed by atoms with Crippen LogP contribution >= 0.6 is 0 Å². The van der Waals surface area contributed by atoms with E-state index in [2.05, 4.69) is 9.97 Å². The third-order valence-electron chi connectivity index (χ3n) is 2.97. The maximum Gasteiger partial charge on any atom is 0.417 e. The molecule has 5 nitrogen and oxygen atoms in total. The first-order valence-corrected chi connectivity index (χ1v) is 6.25. The number of aromatic amines is 1. The smallest absolute Gasteiger partial charge is 0.417 e. The van der Waals surface area contributed by atoms with Gasteiger partial charge in [-0.25, -0.2) is 4.98 Å². The van der Waals surface area contributed by atoms with Gasteiger partial charge in [0.25, 0.3) is 5.56 Å². The van der Waals surface area contributed by atoms with Gasteiger partial charge in [0, 0.05) is 23.7 Å². The van der Waals surface area contributed by atoms with Crippen molar-refractivity contribution in [3.8, 4) is 11.4 Å². The van der Waals surface area contributed by atoms with Crippen molar-refractivity contribution in [2.45, 2.75) is 19.0 Å². The van der Waals surface area contributed by atoms with Crippen LogP contribution in [0.2, 0.25) is 0 Å². The van der Waals surface area contributed by atoms with Gasteiger partial charge in [0.2, 0.25) is 0 Å². The summed E-state index contributed by atoms with van der Waals surface area (Å²) in [5, 5.41) is 8.57. The Morgan fingerprint density at radius 2 is 1.95 bits per heavy atom. The molecule has 0 atom stereocenters. The van der Waals surface area contributed by atoms with Gasteiger partial charge in [-0.1, -0.05) is 18.2 Å². The summed E-state index contributed by atoms with van der Waals surface area (Å²) in [5.41, 5.74) is -1.69. The van der Waals surface area contributed by atoms with Crippen LogP contribution in [0.15, 0.2) is 35.3 Å². The highest BCUT2D eigenvalue weighted by molar-refractivity contribution is 5.67. The molecule has 2 rings (SSSR count). The van der Waals surface area contributed by atoms with Crippen LogP contribution in [0.5, 0.6) is 0 Å². The monoisotopic (exact) mass is 312 g/mol. The Kier molecular flexibility index (Phi) is 4.30. The predicted molar refractivity (Wildman–Crippen MR) is 71.3 cm³/mol. The molecule has 0 saturated carbocycles. The van der Waals surface area contributed by atoms with Gasteiger partial charge in [0.1, 0.15) is 5.82 Å². The third kappa shape index (κ3) is 3.51. The number of hydrogen-bond donors (Lipinski definition) is 2. The van der Waals surface area contributed by atoms with Crippen LogP contribution in [-0.4, -0.2) is 21.0 Å². The second-order valence-corrected chi connectivity index (χ2v) is 4.52. The fourth-order valence-electron chi connectivity index (χ4n) is 1.91. The maximum atomic E-state index is 12.9. The zero-order valence-electron chi connectivity index (χ0n) is 11.1. The SMILES string of the molecule is O=C(O)CCc1cnc(-c2ccccc2C(F)(F)F)[nH]c1=O. The number of carbonyl (C=O) groups is 1. The Hall–Kier alpha value is -2.64. The number of aryl methyl sites for hydroxylation is 1. The fraction of sp³-hybridized carbons (Fsp3) is 0.214. The Balaban J connectivity index is 2.41. The molecule has 2 aromatic rings. The molecule has 2 N–H and O–H groups in total. The topological polar surface area (TPSA) is 83.0 Å². The molecule has 0 aliphatic heterocycles. The molecular weight excluding hydrogens is 301 g/mol. The van der Waals surface area contributed by atoms with Crippen LogP contribution in [0, 0.1) is 0 Å². The van der Waals surface area contributed by atoms with Crippen molar-refractivity contribution in [1.82, 2.24) is 9.97 Å². The van der Waals surface area contributed by atoms with Gasteiger partial charge in [-0.05, 0) is 12.5 Å². The van der Waals surface area contributed by atoms with Gasteiger partial charge in [0.05, 0.1) is 5.56 Å². The van der Waals surface area contributed by atoms with Crippen molar-refractivity contribution in [2.24, 2.45) is 0 Å². The third-order valence-corrected chi connectivity index (χ3v) is 2.97. The molecule has 22 heavy (non-hydrogen) atoms. The molecule has 0 bridgehead atoms. The van der Waals surface area contributed by atoms with Crippen LogP contribution < -0.4 is 5.56 Å². The minimum Gasteiger partial charge on any atom is -0.481 e. The molecule has 0 spiro atoms. The second kappa shape index (κ2) is 6.00. The highest BCUT2D eigenvalue weighted by atomic mass is 19.4. The van der Waals surface area contributed by atoms with Gasteiger partial charge in [-0.15, -0.1) is 0 Å². The summed E-state index contributed by atoms with van der Waals surface area (Å²) in [6.07, 6.45) is -3.77. The molecule has 116 valence electrons. The average Bonchev–Trinajstić information content (AvgIpc) is 2.45. The maximum absolute atomic E-state index is 12.9. The van der Waals surface area contributed by atoms with E-state index < -0.39 is 23.3 Å². The second-order valence-electron chi connectivity index (χ2n) is 4.52. The number of aliphatic carboxylic acids is 1. The number of benzene rings is 1. The van der Waals surface area contributed by atoms with E-state index >= 15 is 0 Å². The Morgan fingerprint density at radius 3 is 2.55 bits per heavy atom. The Labute approximate surface area is 122 Å². The Bertz CT molecular complexity index is 753. The standard InChI is InChI=1S/C14H11F3N2O3/c15-14(16,17)10-4-2-1-3-9(10)12-18-7-8(13(22)19-12)5-6-11(20)21/h1-4,7H,5-6H2,(H,20,21)(H,18,19,22). The summed E-state index contributed by atoms with van der Waals surface area (Å²) in [6, 6.07) is 4.75. The van der Waals surface area contributed by atoms with Crippen LogP contribution in [0.3, 0.4) is 0 Å². The fourth-order valence-corrected chi connectivity index (χ4v) is 1.91. The van der Waals surface area contributed by atoms with Gasteiger partial charge < -0.3 is 10.1 Å². The van der Waals surface area contributed by atoms with E-state index in [0.29, 0.717) is 0 Å². The number of alkyl halides is 3. The summed E-state index contributed by atoms with van der Waals surface area (Å²) >= 11 is 0. The number of carboxylic acids is 1. The molecule has 0 saturated heterocycles. The molecule has 1 aromatic carbocycles. The number of halogens is 3. The van der Waals surface area contributed by atoms with E-state index in [0.717, 1.165) is 12.3 Å². The minimum atomic E-state index is -4.57. The van der Waals surface area contributed by atoms with Crippen molar-refractivity contribution in [1.29, 1.82) is 0 Å². The van der Waals surface area contributed by atoms with Gasteiger partial charge in [-0.2, -0.15) is 13.2 Å². The lowest BCUT2D eigenvalue weighted by Gasteiger charge is -2.12. The number of carboxylic acid groups (broad SMARTS) is 1. The van der Waals surface area contributed by atoms with E-state index in [9.17, 15) is 22.8 Å². The van der Waals surface area contributed by atoms with Crippen LogP contribution in [0.4, 0.5) is 13.2 Å².